The van der Waals surface area contributed by atoms with Crippen LogP contribution in [0.4, 0.5) is 0 Å². The van der Waals surface area contributed by atoms with Crippen molar-refractivity contribution in [3.8, 4) is 0 Å². The van der Waals surface area contributed by atoms with Gasteiger partial charge < -0.3 is 10.3 Å². The Labute approximate surface area is 100 Å². The van der Waals surface area contributed by atoms with Crippen LogP contribution in [0.1, 0.15) is 25.8 Å². The van der Waals surface area contributed by atoms with Gasteiger partial charge in [-0.25, -0.2) is 4.98 Å². The molecule has 90 valence electrons. The van der Waals surface area contributed by atoms with Crippen molar-refractivity contribution in [3.05, 3.63) is 30.1 Å². The quantitative estimate of drug-likeness (QED) is 0.845. The van der Waals surface area contributed by atoms with E-state index in [2.05, 4.69) is 22.2 Å². The number of hydrogen-bond donors (Lipinski definition) is 2. The number of pyridine rings is 1. The molecule has 1 amide bonds. The van der Waals surface area contributed by atoms with Crippen molar-refractivity contribution < 1.29 is 4.79 Å². The molecule has 2 aromatic heterocycles. The molecule has 0 saturated carbocycles. The van der Waals surface area contributed by atoms with Gasteiger partial charge in [0.05, 0.1) is 6.42 Å². The van der Waals surface area contributed by atoms with E-state index in [4.69, 9.17) is 0 Å². The highest BCUT2D eigenvalue weighted by atomic mass is 16.1. The second-order valence-corrected chi connectivity index (χ2v) is 4.27. The normalized spacial score (nSPS) is 12.6. The maximum Gasteiger partial charge on any atom is 0.224 e. The third kappa shape index (κ3) is 2.64. The summed E-state index contributed by atoms with van der Waals surface area (Å²) in [6.45, 7) is 4.06. The highest BCUT2D eigenvalue weighted by Crippen LogP contribution is 2.15. The number of carbonyl (C=O) groups excluding carboxylic acids is 1. The number of fused-ring (bicyclic) bond motifs is 1. The van der Waals surface area contributed by atoms with Gasteiger partial charge in [0.1, 0.15) is 5.65 Å². The van der Waals surface area contributed by atoms with Gasteiger partial charge in [-0.05, 0) is 31.0 Å². The Morgan fingerprint density at radius 2 is 2.41 bits per heavy atom. The monoisotopic (exact) mass is 231 g/mol. The van der Waals surface area contributed by atoms with Crippen molar-refractivity contribution in [2.45, 2.75) is 32.7 Å². The van der Waals surface area contributed by atoms with Gasteiger partial charge in [0.2, 0.25) is 5.91 Å². The summed E-state index contributed by atoms with van der Waals surface area (Å²) in [5.74, 6) is 0.0594. The lowest BCUT2D eigenvalue weighted by molar-refractivity contribution is -0.121. The highest BCUT2D eigenvalue weighted by molar-refractivity contribution is 5.87. The summed E-state index contributed by atoms with van der Waals surface area (Å²) in [5.41, 5.74) is 1.83. The Hall–Kier alpha value is -1.84. The summed E-state index contributed by atoms with van der Waals surface area (Å²) in [6.07, 6.45) is 4.94. The van der Waals surface area contributed by atoms with Gasteiger partial charge >= 0.3 is 0 Å². The van der Waals surface area contributed by atoms with E-state index < -0.39 is 0 Å². The minimum atomic E-state index is 0.0594. The molecule has 2 heterocycles. The number of aromatic amines is 1. The number of H-pyrrole nitrogens is 1. The van der Waals surface area contributed by atoms with Crippen LogP contribution in [0.15, 0.2) is 24.5 Å². The van der Waals surface area contributed by atoms with E-state index in [-0.39, 0.29) is 11.9 Å². The number of amides is 1. The lowest BCUT2D eigenvalue weighted by Crippen LogP contribution is -2.33. The van der Waals surface area contributed by atoms with E-state index in [0.29, 0.717) is 6.42 Å². The average Bonchev–Trinajstić information content (AvgIpc) is 2.72. The molecule has 0 aliphatic heterocycles. The Bertz CT molecular complexity index is 518. The molecule has 0 saturated heterocycles. The zero-order valence-electron chi connectivity index (χ0n) is 10.2. The fourth-order valence-corrected chi connectivity index (χ4v) is 1.76. The average molecular weight is 231 g/mol. The number of rotatable bonds is 4. The molecular weight excluding hydrogens is 214 g/mol. The van der Waals surface area contributed by atoms with Crippen LogP contribution in [-0.4, -0.2) is 21.9 Å². The second-order valence-electron chi connectivity index (χ2n) is 4.27. The van der Waals surface area contributed by atoms with Crippen molar-refractivity contribution in [2.75, 3.05) is 0 Å². The molecule has 17 heavy (non-hydrogen) atoms. The zero-order chi connectivity index (χ0) is 12.3. The van der Waals surface area contributed by atoms with Crippen LogP contribution in [0.2, 0.25) is 0 Å². The molecule has 0 aromatic carbocycles. The minimum absolute atomic E-state index is 0.0594. The SMILES string of the molecule is CC[C@H](C)NC(=O)Cc1c[nH]c2ncccc12. The smallest absolute Gasteiger partial charge is 0.224 e. The van der Waals surface area contributed by atoms with Gasteiger partial charge in [-0.15, -0.1) is 0 Å². The minimum Gasteiger partial charge on any atom is -0.353 e. The van der Waals surface area contributed by atoms with Gasteiger partial charge in [-0.2, -0.15) is 0 Å². The largest absolute Gasteiger partial charge is 0.353 e. The van der Waals surface area contributed by atoms with E-state index in [1.807, 2.05) is 25.3 Å². The molecule has 2 rings (SSSR count). The van der Waals surface area contributed by atoms with E-state index in [1.54, 1.807) is 6.20 Å². The molecule has 1 atom stereocenters. The molecule has 2 N–H and O–H groups in total. The first-order valence-electron chi connectivity index (χ1n) is 5.91. The molecule has 0 aliphatic rings. The first-order valence-corrected chi connectivity index (χ1v) is 5.91. The Morgan fingerprint density at radius 1 is 1.59 bits per heavy atom. The van der Waals surface area contributed by atoms with E-state index in [0.717, 1.165) is 23.0 Å². The summed E-state index contributed by atoms with van der Waals surface area (Å²) in [5, 5.41) is 3.98. The molecule has 4 nitrogen and oxygen atoms in total. The number of hydrogen-bond acceptors (Lipinski definition) is 2. The Morgan fingerprint density at radius 3 is 3.18 bits per heavy atom. The molecule has 0 spiro atoms. The maximum absolute atomic E-state index is 11.8. The number of carbonyl (C=O) groups is 1. The maximum atomic E-state index is 11.8. The number of nitrogens with zero attached hydrogens (tertiary/aromatic N) is 1. The van der Waals surface area contributed by atoms with E-state index in [1.165, 1.54) is 0 Å². The fourth-order valence-electron chi connectivity index (χ4n) is 1.76. The van der Waals surface area contributed by atoms with Gasteiger partial charge in [0.15, 0.2) is 0 Å². The van der Waals surface area contributed by atoms with Crippen molar-refractivity contribution in [3.63, 3.8) is 0 Å². The summed E-state index contributed by atoms with van der Waals surface area (Å²) in [7, 11) is 0. The molecular formula is C13H17N3O. The third-order valence-corrected chi connectivity index (χ3v) is 2.91. The summed E-state index contributed by atoms with van der Waals surface area (Å²) in [4.78, 5) is 19.0. The molecule has 0 aliphatic carbocycles. The van der Waals surface area contributed by atoms with Crippen LogP contribution >= 0.6 is 0 Å². The van der Waals surface area contributed by atoms with Gasteiger partial charge in [0.25, 0.3) is 0 Å². The molecule has 4 heteroatoms. The van der Waals surface area contributed by atoms with Crippen molar-refractivity contribution >= 4 is 16.9 Å². The van der Waals surface area contributed by atoms with Crippen molar-refractivity contribution in [2.24, 2.45) is 0 Å². The number of nitrogens with one attached hydrogen (secondary N) is 2. The van der Waals surface area contributed by atoms with Crippen molar-refractivity contribution in [1.29, 1.82) is 0 Å². The predicted molar refractivity (Wildman–Crippen MR) is 67.7 cm³/mol. The van der Waals surface area contributed by atoms with Gasteiger partial charge in [-0.1, -0.05) is 6.92 Å². The third-order valence-electron chi connectivity index (χ3n) is 2.91. The summed E-state index contributed by atoms with van der Waals surface area (Å²) < 4.78 is 0. The summed E-state index contributed by atoms with van der Waals surface area (Å²) >= 11 is 0. The standard InChI is InChI=1S/C13H17N3O/c1-3-9(2)16-12(17)7-10-8-15-13-11(10)5-4-6-14-13/h4-6,8-9H,3,7H2,1-2H3,(H,14,15)(H,16,17)/t9-/m0/s1. The molecule has 0 bridgehead atoms. The lowest BCUT2D eigenvalue weighted by Gasteiger charge is -2.10. The zero-order valence-corrected chi connectivity index (χ0v) is 10.2. The van der Waals surface area contributed by atoms with Crippen LogP contribution < -0.4 is 5.32 Å². The van der Waals surface area contributed by atoms with Crippen molar-refractivity contribution in [1.82, 2.24) is 15.3 Å². The lowest BCUT2D eigenvalue weighted by atomic mass is 10.1. The first kappa shape index (κ1) is 11.6. The number of aromatic nitrogens is 2. The van der Waals surface area contributed by atoms with Crippen LogP contribution in [0.25, 0.3) is 11.0 Å². The highest BCUT2D eigenvalue weighted by Gasteiger charge is 2.10. The summed E-state index contributed by atoms with van der Waals surface area (Å²) in [6, 6.07) is 4.09. The fraction of sp³-hybridized carbons (Fsp3) is 0.385. The van der Waals surface area contributed by atoms with Gasteiger partial charge in [0, 0.05) is 23.8 Å². The van der Waals surface area contributed by atoms with Crippen LogP contribution in [0.3, 0.4) is 0 Å². The molecule has 0 unspecified atom stereocenters. The predicted octanol–water partition coefficient (Wildman–Crippen LogP) is 2.02. The molecule has 0 radical (unpaired) electrons. The molecule has 0 fully saturated rings. The van der Waals surface area contributed by atoms with E-state index >= 15 is 0 Å². The van der Waals surface area contributed by atoms with E-state index in [9.17, 15) is 4.79 Å². The Kier molecular flexibility index (Phi) is 3.42. The van der Waals surface area contributed by atoms with Gasteiger partial charge in [-0.3, -0.25) is 4.79 Å². The first-order chi connectivity index (χ1) is 8.20. The Balaban J connectivity index is 2.11. The molecule has 2 aromatic rings. The van der Waals surface area contributed by atoms with Crippen LogP contribution in [0.5, 0.6) is 0 Å². The van der Waals surface area contributed by atoms with Crippen LogP contribution in [-0.2, 0) is 11.2 Å². The second kappa shape index (κ2) is 4.99. The topological polar surface area (TPSA) is 57.8 Å². The van der Waals surface area contributed by atoms with Crippen LogP contribution in [0, 0.1) is 0 Å².